The van der Waals surface area contributed by atoms with E-state index < -0.39 is 10.0 Å². The van der Waals surface area contributed by atoms with Gasteiger partial charge in [0.1, 0.15) is 0 Å². The number of fused-ring (bicyclic) bond motifs is 1. The quantitative estimate of drug-likeness (QED) is 0.627. The van der Waals surface area contributed by atoms with E-state index in [1.165, 1.54) is 18.2 Å². The summed E-state index contributed by atoms with van der Waals surface area (Å²) in [7, 11) is -2.05. The number of rotatable bonds is 5. The van der Waals surface area contributed by atoms with Crippen LogP contribution in [0.3, 0.4) is 0 Å². The zero-order valence-corrected chi connectivity index (χ0v) is 17.2. The number of aromatic nitrogens is 1. The Hall–Kier alpha value is -2.22. The minimum atomic E-state index is -3.86. The molecule has 0 spiro atoms. The van der Waals surface area contributed by atoms with Crippen molar-refractivity contribution < 1.29 is 13.2 Å². The third kappa shape index (κ3) is 3.83. The topological polar surface area (TPSA) is 80.2 Å². The van der Waals surface area contributed by atoms with Crippen LogP contribution in [0.4, 0.5) is 5.69 Å². The summed E-state index contributed by atoms with van der Waals surface area (Å²) < 4.78 is 29.7. The van der Waals surface area contributed by atoms with Crippen LogP contribution in [0.15, 0.2) is 47.5 Å². The molecule has 4 rings (SSSR count). The Kier molecular flexibility index (Phi) is 4.77. The number of carbonyl (C=O) groups is 1. The lowest BCUT2D eigenvalue weighted by atomic mass is 10.1. The molecule has 1 fully saturated rings. The SMILES string of the molecule is Cn1cc(C(=O)NC2CC2)c2ccc(NS(=O)(=O)c3cc(Cl)cc(Cl)c3)cc21. The number of hydrogen-bond donors (Lipinski definition) is 2. The fourth-order valence-corrected chi connectivity index (χ4v) is 4.79. The molecule has 0 aliphatic heterocycles. The second-order valence-electron chi connectivity index (χ2n) is 6.84. The fourth-order valence-electron chi connectivity index (χ4n) is 3.02. The van der Waals surface area contributed by atoms with Crippen molar-refractivity contribution in [3.05, 3.63) is 58.2 Å². The van der Waals surface area contributed by atoms with E-state index in [0.29, 0.717) is 11.3 Å². The van der Waals surface area contributed by atoms with Gasteiger partial charge in [0.2, 0.25) is 0 Å². The first kappa shape index (κ1) is 19.1. The molecule has 0 bridgehead atoms. The lowest BCUT2D eigenvalue weighted by molar-refractivity contribution is 0.0952. The normalized spacial score (nSPS) is 14.2. The van der Waals surface area contributed by atoms with E-state index in [-0.39, 0.29) is 26.9 Å². The van der Waals surface area contributed by atoms with Crippen molar-refractivity contribution in [2.24, 2.45) is 7.05 Å². The van der Waals surface area contributed by atoms with E-state index in [4.69, 9.17) is 23.2 Å². The van der Waals surface area contributed by atoms with Gasteiger partial charge in [0.15, 0.2) is 0 Å². The van der Waals surface area contributed by atoms with Crippen molar-refractivity contribution in [2.75, 3.05) is 4.72 Å². The summed E-state index contributed by atoms with van der Waals surface area (Å²) in [5.41, 5.74) is 1.68. The van der Waals surface area contributed by atoms with Crippen molar-refractivity contribution >= 4 is 55.7 Å². The van der Waals surface area contributed by atoms with Gasteiger partial charge in [-0.2, -0.15) is 0 Å². The number of halogens is 2. The summed E-state index contributed by atoms with van der Waals surface area (Å²) in [5, 5.41) is 4.20. The highest BCUT2D eigenvalue weighted by molar-refractivity contribution is 7.92. The van der Waals surface area contributed by atoms with Crippen LogP contribution < -0.4 is 10.0 Å². The third-order valence-corrected chi connectivity index (χ3v) is 6.34. The summed E-state index contributed by atoms with van der Waals surface area (Å²) >= 11 is 11.8. The average Bonchev–Trinajstić information content (AvgIpc) is 3.36. The average molecular weight is 438 g/mol. The highest BCUT2D eigenvalue weighted by Gasteiger charge is 2.25. The van der Waals surface area contributed by atoms with Crippen LogP contribution in [0.5, 0.6) is 0 Å². The van der Waals surface area contributed by atoms with Crippen LogP contribution in [0.2, 0.25) is 10.0 Å². The highest BCUT2D eigenvalue weighted by atomic mass is 35.5. The molecule has 1 aliphatic rings. The third-order valence-electron chi connectivity index (χ3n) is 4.55. The fraction of sp³-hybridized carbons (Fsp3) is 0.211. The Morgan fingerprint density at radius 1 is 1.11 bits per heavy atom. The number of nitrogens with one attached hydrogen (secondary N) is 2. The van der Waals surface area contributed by atoms with E-state index in [2.05, 4.69) is 10.0 Å². The van der Waals surface area contributed by atoms with Gasteiger partial charge in [-0.25, -0.2) is 8.42 Å². The smallest absolute Gasteiger partial charge is 0.261 e. The van der Waals surface area contributed by atoms with Gasteiger partial charge < -0.3 is 9.88 Å². The lowest BCUT2D eigenvalue weighted by Gasteiger charge is -2.10. The molecule has 1 aliphatic carbocycles. The molecule has 1 heterocycles. The van der Waals surface area contributed by atoms with E-state index in [1.807, 2.05) is 7.05 Å². The van der Waals surface area contributed by atoms with E-state index in [1.54, 1.807) is 29.0 Å². The number of amides is 1. The first-order chi connectivity index (χ1) is 13.2. The maximum absolute atomic E-state index is 12.7. The van der Waals surface area contributed by atoms with Gasteiger partial charge in [-0.15, -0.1) is 0 Å². The Balaban J connectivity index is 1.66. The maximum Gasteiger partial charge on any atom is 0.261 e. The molecule has 3 aromatic rings. The van der Waals surface area contributed by atoms with E-state index in [9.17, 15) is 13.2 Å². The Morgan fingerprint density at radius 3 is 2.43 bits per heavy atom. The minimum Gasteiger partial charge on any atom is -0.350 e. The molecule has 28 heavy (non-hydrogen) atoms. The molecule has 1 saturated carbocycles. The van der Waals surface area contributed by atoms with Crippen molar-refractivity contribution in [1.29, 1.82) is 0 Å². The summed E-state index contributed by atoms with van der Waals surface area (Å²) in [6.45, 7) is 0. The van der Waals surface area contributed by atoms with Crippen LogP contribution in [-0.4, -0.2) is 24.9 Å². The van der Waals surface area contributed by atoms with Crippen LogP contribution in [0.25, 0.3) is 10.9 Å². The number of anilines is 1. The van der Waals surface area contributed by atoms with E-state index >= 15 is 0 Å². The van der Waals surface area contributed by atoms with Crippen molar-refractivity contribution in [3.8, 4) is 0 Å². The van der Waals surface area contributed by atoms with Crippen molar-refractivity contribution in [2.45, 2.75) is 23.8 Å². The minimum absolute atomic E-state index is 0.0264. The molecule has 9 heteroatoms. The van der Waals surface area contributed by atoms with Crippen LogP contribution >= 0.6 is 23.2 Å². The summed E-state index contributed by atoms with van der Waals surface area (Å²) in [6, 6.07) is 9.44. The van der Waals surface area contributed by atoms with Gasteiger partial charge in [0, 0.05) is 34.7 Å². The van der Waals surface area contributed by atoms with E-state index in [0.717, 1.165) is 23.7 Å². The maximum atomic E-state index is 12.7. The van der Waals surface area contributed by atoms with Crippen molar-refractivity contribution in [3.63, 3.8) is 0 Å². The zero-order chi connectivity index (χ0) is 20.1. The number of aryl methyl sites for hydroxylation is 1. The largest absolute Gasteiger partial charge is 0.350 e. The molecule has 0 saturated heterocycles. The second kappa shape index (κ2) is 6.99. The molecule has 2 N–H and O–H groups in total. The molecule has 146 valence electrons. The molecular weight excluding hydrogens is 421 g/mol. The molecule has 0 radical (unpaired) electrons. The van der Waals surface area contributed by atoms with Gasteiger partial charge in [0.25, 0.3) is 15.9 Å². The summed E-state index contributed by atoms with van der Waals surface area (Å²) in [4.78, 5) is 12.4. The first-order valence-electron chi connectivity index (χ1n) is 8.62. The number of nitrogens with zero attached hydrogens (tertiary/aromatic N) is 1. The molecular formula is C19H17Cl2N3O3S. The number of carbonyl (C=O) groups excluding carboxylic acids is 1. The Labute approximate surface area is 172 Å². The van der Waals surface area contributed by atoms with Gasteiger partial charge in [0.05, 0.1) is 21.7 Å². The summed E-state index contributed by atoms with van der Waals surface area (Å²) in [6.07, 6.45) is 3.77. The van der Waals surface area contributed by atoms with Gasteiger partial charge in [-0.1, -0.05) is 23.2 Å². The Morgan fingerprint density at radius 2 is 1.79 bits per heavy atom. The number of hydrogen-bond acceptors (Lipinski definition) is 3. The molecule has 2 aromatic carbocycles. The van der Waals surface area contributed by atoms with Crippen LogP contribution in [0, 0.1) is 0 Å². The summed E-state index contributed by atoms with van der Waals surface area (Å²) in [5.74, 6) is -0.116. The van der Waals surface area contributed by atoms with Crippen LogP contribution in [-0.2, 0) is 17.1 Å². The number of sulfonamides is 1. The predicted molar refractivity (Wildman–Crippen MR) is 111 cm³/mol. The van der Waals surface area contributed by atoms with Gasteiger partial charge >= 0.3 is 0 Å². The Bertz CT molecular complexity index is 1180. The molecule has 6 nitrogen and oxygen atoms in total. The predicted octanol–water partition coefficient (Wildman–Crippen LogP) is 4.18. The zero-order valence-electron chi connectivity index (χ0n) is 14.9. The standard InChI is InChI=1S/C19H17Cl2N3O3S/c1-24-10-17(19(25)22-13-2-3-13)16-5-4-14(9-18(16)24)23-28(26,27)15-7-11(20)6-12(21)8-15/h4-10,13,23H,2-3H2,1H3,(H,22,25). The van der Waals surface area contributed by atoms with Gasteiger partial charge in [-0.05, 0) is 49.2 Å². The second-order valence-corrected chi connectivity index (χ2v) is 9.40. The molecule has 0 atom stereocenters. The van der Waals surface area contributed by atoms with Crippen molar-refractivity contribution in [1.82, 2.24) is 9.88 Å². The number of benzene rings is 2. The molecule has 1 aromatic heterocycles. The van der Waals surface area contributed by atoms with Gasteiger partial charge in [-0.3, -0.25) is 9.52 Å². The lowest BCUT2D eigenvalue weighted by Crippen LogP contribution is -2.25. The highest BCUT2D eigenvalue weighted by Crippen LogP contribution is 2.28. The molecule has 0 unspecified atom stereocenters. The first-order valence-corrected chi connectivity index (χ1v) is 10.9. The molecule has 1 amide bonds. The van der Waals surface area contributed by atoms with Crippen LogP contribution in [0.1, 0.15) is 23.2 Å². The monoisotopic (exact) mass is 437 g/mol.